The fraction of sp³-hybridized carbons (Fsp3) is 0.647. The molecule has 1 nitrogen and oxygen atoms in total. The lowest BCUT2D eigenvalue weighted by molar-refractivity contribution is 0.0976. The zero-order valence-electron chi connectivity index (χ0n) is 12.4. The predicted octanol–water partition coefficient (Wildman–Crippen LogP) is 4.13. The summed E-state index contributed by atoms with van der Waals surface area (Å²) in [4.78, 5) is 0. The maximum atomic E-state index is 13.5. The molecule has 0 bridgehead atoms. The fourth-order valence-corrected chi connectivity index (χ4v) is 3.22. The van der Waals surface area contributed by atoms with Crippen LogP contribution in [0.1, 0.15) is 45.6 Å². The van der Waals surface area contributed by atoms with E-state index < -0.39 is 0 Å². The minimum absolute atomic E-state index is 0.111. The molecule has 0 amide bonds. The van der Waals surface area contributed by atoms with Crippen molar-refractivity contribution in [1.82, 2.24) is 5.32 Å². The Bertz CT molecular complexity index is 407. The highest BCUT2D eigenvalue weighted by Crippen LogP contribution is 2.50. The molecule has 2 heteroatoms. The van der Waals surface area contributed by atoms with Crippen molar-refractivity contribution in [2.75, 3.05) is 13.1 Å². The van der Waals surface area contributed by atoms with Crippen LogP contribution in [0.3, 0.4) is 0 Å². The molecule has 0 saturated heterocycles. The topological polar surface area (TPSA) is 12.0 Å². The molecular weight excluding hydrogens is 237 g/mol. The Morgan fingerprint density at radius 3 is 2.68 bits per heavy atom. The van der Waals surface area contributed by atoms with E-state index in [0.29, 0.717) is 0 Å². The van der Waals surface area contributed by atoms with Crippen molar-refractivity contribution < 1.29 is 4.39 Å². The second-order valence-electron chi connectivity index (χ2n) is 6.38. The van der Waals surface area contributed by atoms with Crippen LogP contribution in [0.25, 0.3) is 0 Å². The van der Waals surface area contributed by atoms with E-state index in [0.717, 1.165) is 31.3 Å². The van der Waals surface area contributed by atoms with E-state index in [2.05, 4.69) is 32.2 Å². The first kappa shape index (κ1) is 14.5. The Labute approximate surface area is 116 Å². The molecule has 1 aromatic carbocycles. The minimum atomic E-state index is -0.111. The number of hydrogen-bond acceptors (Lipinski definition) is 1. The molecule has 0 unspecified atom stereocenters. The van der Waals surface area contributed by atoms with Crippen LogP contribution in [-0.2, 0) is 5.41 Å². The van der Waals surface area contributed by atoms with Gasteiger partial charge in [0.25, 0.3) is 0 Å². The quantitative estimate of drug-likeness (QED) is 0.761. The number of rotatable bonds is 6. The van der Waals surface area contributed by atoms with Gasteiger partial charge < -0.3 is 5.32 Å². The highest BCUT2D eigenvalue weighted by Gasteiger charge is 2.45. The van der Waals surface area contributed by atoms with E-state index in [4.69, 9.17) is 0 Å². The Morgan fingerprint density at radius 2 is 2.11 bits per heavy atom. The molecule has 106 valence electrons. The van der Waals surface area contributed by atoms with Crippen LogP contribution in [0.4, 0.5) is 4.39 Å². The second kappa shape index (κ2) is 6.04. The maximum Gasteiger partial charge on any atom is 0.123 e. The molecule has 1 aromatic rings. The smallest absolute Gasteiger partial charge is 0.123 e. The number of halogens is 1. The summed E-state index contributed by atoms with van der Waals surface area (Å²) in [5, 5.41) is 3.53. The maximum absolute atomic E-state index is 13.5. The Kier molecular flexibility index (Phi) is 4.62. The molecule has 19 heavy (non-hydrogen) atoms. The summed E-state index contributed by atoms with van der Waals surface area (Å²) in [5.74, 6) is 1.40. The zero-order valence-corrected chi connectivity index (χ0v) is 12.4. The minimum Gasteiger partial charge on any atom is -0.316 e. The van der Waals surface area contributed by atoms with Gasteiger partial charge >= 0.3 is 0 Å². The fourth-order valence-electron chi connectivity index (χ4n) is 3.22. The lowest BCUT2D eigenvalue weighted by Gasteiger charge is -2.50. The van der Waals surface area contributed by atoms with Crippen molar-refractivity contribution in [2.45, 2.75) is 45.4 Å². The first-order valence-corrected chi connectivity index (χ1v) is 7.54. The number of hydrogen-bond donors (Lipinski definition) is 1. The predicted molar refractivity (Wildman–Crippen MR) is 78.8 cm³/mol. The Balaban J connectivity index is 2.12. The highest BCUT2D eigenvalue weighted by atomic mass is 19.1. The second-order valence-corrected chi connectivity index (χ2v) is 6.38. The van der Waals surface area contributed by atoms with Crippen LogP contribution in [-0.4, -0.2) is 13.1 Å². The van der Waals surface area contributed by atoms with Crippen molar-refractivity contribution in [3.8, 4) is 0 Å². The van der Waals surface area contributed by atoms with E-state index in [1.165, 1.54) is 24.5 Å². The van der Waals surface area contributed by atoms with Gasteiger partial charge in [-0.05, 0) is 55.3 Å². The van der Waals surface area contributed by atoms with Crippen molar-refractivity contribution in [3.05, 3.63) is 35.6 Å². The third kappa shape index (κ3) is 3.17. The van der Waals surface area contributed by atoms with E-state index in [-0.39, 0.29) is 11.2 Å². The lowest BCUT2D eigenvalue weighted by Crippen LogP contribution is -2.50. The van der Waals surface area contributed by atoms with Gasteiger partial charge in [0.2, 0.25) is 0 Å². The third-order valence-electron chi connectivity index (χ3n) is 4.58. The average molecular weight is 263 g/mol. The molecule has 0 aliphatic heterocycles. The normalized spacial score (nSPS) is 26.5. The molecular formula is C17H26FN. The van der Waals surface area contributed by atoms with Crippen LogP contribution in [0.5, 0.6) is 0 Å². The lowest BCUT2D eigenvalue weighted by atomic mass is 9.56. The first-order valence-electron chi connectivity index (χ1n) is 7.54. The van der Waals surface area contributed by atoms with E-state index >= 15 is 0 Å². The molecule has 0 heterocycles. The number of benzene rings is 1. The first-order chi connectivity index (χ1) is 9.07. The van der Waals surface area contributed by atoms with Crippen LogP contribution < -0.4 is 5.32 Å². The molecule has 1 N–H and O–H groups in total. The van der Waals surface area contributed by atoms with Crippen LogP contribution in [0.15, 0.2) is 24.3 Å². The summed E-state index contributed by atoms with van der Waals surface area (Å²) in [6.45, 7) is 8.79. The molecule has 1 aliphatic rings. The molecule has 2 rings (SSSR count). The summed E-state index contributed by atoms with van der Waals surface area (Å²) >= 11 is 0. The van der Waals surface area contributed by atoms with Crippen molar-refractivity contribution in [2.24, 2.45) is 11.8 Å². The van der Waals surface area contributed by atoms with Gasteiger partial charge in [-0.15, -0.1) is 0 Å². The van der Waals surface area contributed by atoms with Gasteiger partial charge in [-0.1, -0.05) is 32.9 Å². The van der Waals surface area contributed by atoms with Gasteiger partial charge in [0.1, 0.15) is 5.82 Å². The summed E-state index contributed by atoms with van der Waals surface area (Å²) in [6.07, 6.45) is 3.52. The molecule has 1 saturated carbocycles. The third-order valence-corrected chi connectivity index (χ3v) is 4.58. The Hall–Kier alpha value is -0.890. The average Bonchev–Trinajstić information content (AvgIpc) is 2.32. The van der Waals surface area contributed by atoms with Gasteiger partial charge in [-0.3, -0.25) is 0 Å². The Morgan fingerprint density at radius 1 is 1.37 bits per heavy atom. The molecule has 0 radical (unpaired) electrons. The largest absolute Gasteiger partial charge is 0.316 e. The van der Waals surface area contributed by atoms with Gasteiger partial charge in [0, 0.05) is 12.0 Å². The van der Waals surface area contributed by atoms with Crippen LogP contribution in [0.2, 0.25) is 0 Å². The van der Waals surface area contributed by atoms with Crippen LogP contribution in [0, 0.1) is 17.7 Å². The van der Waals surface area contributed by atoms with Gasteiger partial charge in [-0.25, -0.2) is 4.39 Å². The van der Waals surface area contributed by atoms with E-state index in [9.17, 15) is 4.39 Å². The van der Waals surface area contributed by atoms with Gasteiger partial charge in [-0.2, -0.15) is 0 Å². The zero-order chi connectivity index (χ0) is 13.9. The van der Waals surface area contributed by atoms with Crippen LogP contribution >= 0.6 is 0 Å². The van der Waals surface area contributed by atoms with Crippen molar-refractivity contribution >= 4 is 0 Å². The SMILES string of the molecule is CCCNCC1(c2cccc(F)c2)CC(C(C)C)C1. The molecule has 1 aliphatic carbocycles. The number of nitrogens with one attached hydrogen (secondary N) is 1. The van der Waals surface area contributed by atoms with Gasteiger partial charge in [0.15, 0.2) is 0 Å². The summed E-state index contributed by atoms with van der Waals surface area (Å²) < 4.78 is 13.5. The van der Waals surface area contributed by atoms with Crippen molar-refractivity contribution in [3.63, 3.8) is 0 Å². The molecule has 1 fully saturated rings. The summed E-state index contributed by atoms with van der Waals surface area (Å²) in [7, 11) is 0. The standard InChI is InChI=1S/C17H26FN/c1-4-8-19-12-17(10-14(11-17)13(2)3)15-6-5-7-16(18)9-15/h5-7,9,13-14,19H,4,8,10-12H2,1-3H3. The van der Waals surface area contributed by atoms with Crippen molar-refractivity contribution in [1.29, 1.82) is 0 Å². The monoisotopic (exact) mass is 263 g/mol. The molecule has 0 aromatic heterocycles. The molecule has 0 spiro atoms. The van der Waals surface area contributed by atoms with E-state index in [1.54, 1.807) is 6.07 Å². The molecule has 0 atom stereocenters. The van der Waals surface area contributed by atoms with E-state index in [1.807, 2.05) is 6.07 Å². The highest BCUT2D eigenvalue weighted by molar-refractivity contribution is 5.30. The summed E-state index contributed by atoms with van der Waals surface area (Å²) in [6, 6.07) is 7.20. The summed E-state index contributed by atoms with van der Waals surface area (Å²) in [5.41, 5.74) is 1.33. The van der Waals surface area contributed by atoms with Gasteiger partial charge in [0.05, 0.1) is 0 Å².